The molecule has 1 aromatic rings. The van der Waals surface area contributed by atoms with Crippen LogP contribution in [0.3, 0.4) is 0 Å². The SMILES string of the molecule is CNC(=O)ON=C(CC(C)(C)C)Sc1ccccc1. The van der Waals surface area contributed by atoms with Crippen molar-refractivity contribution in [2.24, 2.45) is 10.6 Å². The standard InChI is InChI=1S/C14H20N2O2S/c1-14(2,3)10-12(16-18-13(17)15-4)19-11-8-6-5-7-9-11/h5-9H,10H2,1-4H3,(H,15,17). The molecule has 0 unspecified atom stereocenters. The van der Waals surface area contributed by atoms with Crippen molar-refractivity contribution < 1.29 is 9.63 Å². The maximum atomic E-state index is 11.1. The third-order valence-corrected chi connectivity index (χ3v) is 3.06. The second-order valence-corrected chi connectivity index (χ2v) is 6.41. The molecule has 0 aromatic heterocycles. The molecule has 19 heavy (non-hydrogen) atoms. The molecule has 4 nitrogen and oxygen atoms in total. The normalized spacial score (nSPS) is 12.1. The summed E-state index contributed by atoms with van der Waals surface area (Å²) in [6, 6.07) is 9.91. The van der Waals surface area contributed by atoms with E-state index >= 15 is 0 Å². The highest BCUT2D eigenvalue weighted by Crippen LogP contribution is 2.28. The van der Waals surface area contributed by atoms with Gasteiger partial charge in [-0.05, 0) is 17.5 Å². The zero-order valence-corrected chi connectivity index (χ0v) is 12.6. The van der Waals surface area contributed by atoms with Gasteiger partial charge < -0.3 is 5.32 Å². The largest absolute Gasteiger partial charge is 0.433 e. The van der Waals surface area contributed by atoms with Gasteiger partial charge in [-0.3, -0.25) is 4.84 Å². The Bertz CT molecular complexity index is 439. The summed E-state index contributed by atoms with van der Waals surface area (Å²) >= 11 is 1.51. The third kappa shape index (κ3) is 6.86. The summed E-state index contributed by atoms with van der Waals surface area (Å²) in [5.41, 5.74) is 0.0761. The van der Waals surface area contributed by atoms with Crippen LogP contribution in [0.25, 0.3) is 0 Å². The maximum absolute atomic E-state index is 11.1. The summed E-state index contributed by atoms with van der Waals surface area (Å²) in [4.78, 5) is 16.9. The molecular formula is C14H20N2O2S. The summed E-state index contributed by atoms with van der Waals surface area (Å²) in [5.74, 6) is 0. The maximum Gasteiger partial charge on any atom is 0.433 e. The van der Waals surface area contributed by atoms with Crippen LogP contribution in [0, 0.1) is 5.41 Å². The molecule has 0 saturated carbocycles. The zero-order valence-electron chi connectivity index (χ0n) is 11.8. The van der Waals surface area contributed by atoms with E-state index in [-0.39, 0.29) is 5.41 Å². The fourth-order valence-corrected chi connectivity index (χ4v) is 2.45. The highest BCUT2D eigenvalue weighted by molar-refractivity contribution is 8.14. The lowest BCUT2D eigenvalue weighted by Gasteiger charge is -2.18. The Morgan fingerprint density at radius 2 is 1.95 bits per heavy atom. The van der Waals surface area contributed by atoms with Gasteiger partial charge in [0.1, 0.15) is 5.04 Å². The van der Waals surface area contributed by atoms with Gasteiger partial charge in [-0.1, -0.05) is 55.9 Å². The van der Waals surface area contributed by atoms with Crippen molar-refractivity contribution in [2.75, 3.05) is 7.05 Å². The fraction of sp³-hybridized carbons (Fsp3) is 0.429. The van der Waals surface area contributed by atoms with E-state index in [0.717, 1.165) is 16.4 Å². The average Bonchev–Trinajstić information content (AvgIpc) is 2.35. The monoisotopic (exact) mass is 280 g/mol. The van der Waals surface area contributed by atoms with E-state index < -0.39 is 6.09 Å². The lowest BCUT2D eigenvalue weighted by Crippen LogP contribution is -2.18. The van der Waals surface area contributed by atoms with Crippen LogP contribution in [0.4, 0.5) is 4.79 Å². The van der Waals surface area contributed by atoms with Crippen LogP contribution in [-0.4, -0.2) is 18.2 Å². The van der Waals surface area contributed by atoms with Crippen LogP contribution in [0.15, 0.2) is 40.4 Å². The van der Waals surface area contributed by atoms with E-state index in [2.05, 4.69) is 31.2 Å². The first-order chi connectivity index (χ1) is 8.90. The molecule has 0 aliphatic heterocycles. The fourth-order valence-electron chi connectivity index (χ4n) is 1.30. The number of nitrogens with one attached hydrogen (secondary N) is 1. The van der Waals surface area contributed by atoms with Gasteiger partial charge in [0.05, 0.1) is 0 Å². The van der Waals surface area contributed by atoms with Crippen molar-refractivity contribution in [3.63, 3.8) is 0 Å². The van der Waals surface area contributed by atoms with Crippen molar-refractivity contribution in [1.29, 1.82) is 0 Å². The molecule has 1 amide bonds. The number of thioether (sulfide) groups is 1. The van der Waals surface area contributed by atoms with Crippen molar-refractivity contribution in [2.45, 2.75) is 32.1 Å². The molecule has 104 valence electrons. The highest BCUT2D eigenvalue weighted by atomic mass is 32.2. The molecule has 1 aromatic carbocycles. The topological polar surface area (TPSA) is 50.7 Å². The minimum absolute atomic E-state index is 0.0761. The summed E-state index contributed by atoms with van der Waals surface area (Å²) in [5, 5.41) is 7.09. The predicted octanol–water partition coefficient (Wildman–Crippen LogP) is 3.88. The van der Waals surface area contributed by atoms with E-state index in [0.29, 0.717) is 0 Å². The van der Waals surface area contributed by atoms with Gasteiger partial charge in [-0.15, -0.1) is 0 Å². The van der Waals surface area contributed by atoms with E-state index in [1.165, 1.54) is 18.8 Å². The Balaban J connectivity index is 2.77. The quantitative estimate of drug-likeness (QED) is 0.300. The number of rotatable bonds is 3. The molecule has 0 fully saturated rings. The summed E-state index contributed by atoms with van der Waals surface area (Å²) in [6.45, 7) is 6.36. The number of hydrogen-bond acceptors (Lipinski definition) is 4. The van der Waals surface area contributed by atoms with Crippen LogP contribution in [0.5, 0.6) is 0 Å². The van der Waals surface area contributed by atoms with E-state index in [4.69, 9.17) is 4.84 Å². The number of oxime groups is 1. The molecule has 0 radical (unpaired) electrons. The molecule has 5 heteroatoms. The molecule has 0 saturated heterocycles. The van der Waals surface area contributed by atoms with Gasteiger partial charge in [0.15, 0.2) is 0 Å². The Kier molecular flexibility index (Phi) is 5.89. The molecule has 0 bridgehead atoms. The minimum Gasteiger partial charge on any atom is -0.323 e. The molecule has 1 N–H and O–H groups in total. The number of benzene rings is 1. The van der Waals surface area contributed by atoms with Crippen LogP contribution in [-0.2, 0) is 4.84 Å². The van der Waals surface area contributed by atoms with Crippen molar-refractivity contribution in [3.05, 3.63) is 30.3 Å². The Labute approximate surface area is 118 Å². The number of amides is 1. The second-order valence-electron chi connectivity index (χ2n) is 5.27. The van der Waals surface area contributed by atoms with Gasteiger partial charge in [0.25, 0.3) is 0 Å². The van der Waals surface area contributed by atoms with Crippen molar-refractivity contribution in [1.82, 2.24) is 5.32 Å². The summed E-state index contributed by atoms with van der Waals surface area (Å²) in [6.07, 6.45) is 0.184. The van der Waals surface area contributed by atoms with Crippen LogP contribution < -0.4 is 5.32 Å². The Morgan fingerprint density at radius 3 is 2.47 bits per heavy atom. The first kappa shape index (κ1) is 15.6. The van der Waals surface area contributed by atoms with Gasteiger partial charge in [0.2, 0.25) is 0 Å². The van der Waals surface area contributed by atoms with E-state index in [9.17, 15) is 4.79 Å². The molecule has 0 spiro atoms. The second kappa shape index (κ2) is 7.19. The number of hydrogen-bond donors (Lipinski definition) is 1. The van der Waals surface area contributed by atoms with E-state index in [1.807, 2.05) is 30.3 Å². The number of carbonyl (C=O) groups is 1. The van der Waals surface area contributed by atoms with Gasteiger partial charge >= 0.3 is 6.09 Å². The molecule has 0 aliphatic carbocycles. The minimum atomic E-state index is -0.555. The lowest BCUT2D eigenvalue weighted by atomic mass is 9.93. The summed E-state index contributed by atoms with van der Waals surface area (Å²) in [7, 11) is 1.51. The number of carbonyl (C=O) groups excluding carboxylic acids is 1. The van der Waals surface area contributed by atoms with Gasteiger partial charge in [-0.2, -0.15) is 0 Å². The van der Waals surface area contributed by atoms with E-state index in [1.54, 1.807) is 0 Å². The summed E-state index contributed by atoms with van der Waals surface area (Å²) < 4.78 is 0. The molecule has 0 atom stereocenters. The highest BCUT2D eigenvalue weighted by Gasteiger charge is 2.16. The van der Waals surface area contributed by atoms with Gasteiger partial charge in [0, 0.05) is 18.4 Å². The van der Waals surface area contributed by atoms with Crippen LogP contribution in [0.2, 0.25) is 0 Å². The van der Waals surface area contributed by atoms with Crippen LogP contribution in [0.1, 0.15) is 27.2 Å². The third-order valence-electron chi connectivity index (χ3n) is 2.09. The van der Waals surface area contributed by atoms with Gasteiger partial charge in [-0.25, -0.2) is 4.79 Å². The Hall–Kier alpha value is -1.49. The lowest BCUT2D eigenvalue weighted by molar-refractivity contribution is 0.153. The van der Waals surface area contributed by atoms with Crippen LogP contribution >= 0.6 is 11.8 Å². The van der Waals surface area contributed by atoms with Crippen molar-refractivity contribution >= 4 is 22.9 Å². The average molecular weight is 280 g/mol. The molecular weight excluding hydrogens is 260 g/mol. The molecule has 1 rings (SSSR count). The first-order valence-electron chi connectivity index (χ1n) is 6.09. The zero-order chi connectivity index (χ0) is 14.3. The predicted molar refractivity (Wildman–Crippen MR) is 79.3 cm³/mol. The van der Waals surface area contributed by atoms with Crippen molar-refractivity contribution in [3.8, 4) is 0 Å². The molecule has 0 heterocycles. The molecule has 0 aliphatic rings. The number of nitrogens with zero attached hydrogens (tertiary/aromatic N) is 1. The smallest absolute Gasteiger partial charge is 0.323 e. The first-order valence-corrected chi connectivity index (χ1v) is 6.91. The Morgan fingerprint density at radius 1 is 1.32 bits per heavy atom.